The molecule has 6 nitrogen and oxygen atoms in total. The average molecular weight is 316 g/mol. The van der Waals surface area contributed by atoms with Crippen LogP contribution in [0.5, 0.6) is 11.5 Å². The molecule has 2 aromatic rings. The number of aliphatic hydroxyl groups is 1. The Morgan fingerprint density at radius 2 is 1.39 bits per heavy atom. The van der Waals surface area contributed by atoms with Gasteiger partial charge in [0.2, 0.25) is 0 Å². The molecule has 0 aromatic heterocycles. The predicted octanol–water partition coefficient (Wildman–Crippen LogP) is 1.77. The molecule has 120 valence electrons. The van der Waals surface area contributed by atoms with Gasteiger partial charge in [-0.25, -0.2) is 4.79 Å². The van der Waals surface area contributed by atoms with Crippen LogP contribution in [0.15, 0.2) is 54.6 Å². The molecule has 0 aliphatic rings. The summed E-state index contributed by atoms with van der Waals surface area (Å²) in [6.45, 7) is 0.0959. The van der Waals surface area contributed by atoms with Crippen LogP contribution in [0.4, 0.5) is 0 Å². The molecule has 1 atom stereocenters. The zero-order valence-electron chi connectivity index (χ0n) is 12.2. The van der Waals surface area contributed by atoms with Crippen molar-refractivity contribution in [3.8, 4) is 11.5 Å². The summed E-state index contributed by atoms with van der Waals surface area (Å²) in [5.41, 5.74) is 0.0674. The zero-order chi connectivity index (χ0) is 16.7. The number of aliphatic carboxylic acids is 1. The molecule has 0 aliphatic carbocycles. The summed E-state index contributed by atoms with van der Waals surface area (Å²) >= 11 is 0. The topological polar surface area (TPSA) is 93.1 Å². The lowest BCUT2D eigenvalue weighted by Crippen LogP contribution is -2.25. The summed E-state index contributed by atoms with van der Waals surface area (Å²) in [6, 6.07) is 14.8. The normalized spacial score (nSPS) is 11.5. The first kappa shape index (κ1) is 16.5. The lowest BCUT2D eigenvalue weighted by atomic mass is 10.1. The van der Waals surface area contributed by atoms with Crippen molar-refractivity contribution in [2.75, 3.05) is 13.2 Å². The number of hydrogen-bond donors (Lipinski definition) is 2. The second-order valence-electron chi connectivity index (χ2n) is 4.75. The second kappa shape index (κ2) is 7.95. The quantitative estimate of drug-likeness (QED) is 0.569. The van der Waals surface area contributed by atoms with Crippen molar-refractivity contribution in [1.29, 1.82) is 0 Å². The molecule has 0 aliphatic heterocycles. The Balaban J connectivity index is 1.79. The number of ether oxygens (including phenoxy) is 2. The highest BCUT2D eigenvalue weighted by molar-refractivity contribution is 6.39. The average Bonchev–Trinajstić information content (AvgIpc) is 2.58. The van der Waals surface area contributed by atoms with Gasteiger partial charge in [0.1, 0.15) is 30.8 Å². The van der Waals surface area contributed by atoms with Gasteiger partial charge in [-0.05, 0) is 36.4 Å². The Morgan fingerprint density at radius 3 is 1.91 bits per heavy atom. The van der Waals surface area contributed by atoms with Crippen molar-refractivity contribution in [3.05, 3.63) is 60.2 Å². The SMILES string of the molecule is O=C(O)C(=O)c1ccc(OCC(O)COc2ccccc2)cc1. The van der Waals surface area contributed by atoms with Crippen molar-refractivity contribution in [2.45, 2.75) is 6.10 Å². The Kier molecular flexibility index (Phi) is 5.71. The third-order valence-electron chi connectivity index (χ3n) is 2.94. The molecule has 0 fully saturated rings. The van der Waals surface area contributed by atoms with Crippen LogP contribution in [0.3, 0.4) is 0 Å². The fraction of sp³-hybridized carbons (Fsp3) is 0.176. The number of carboxylic acid groups (broad SMARTS) is 1. The van der Waals surface area contributed by atoms with Gasteiger partial charge >= 0.3 is 5.97 Å². The van der Waals surface area contributed by atoms with Crippen LogP contribution in [-0.2, 0) is 4.79 Å². The van der Waals surface area contributed by atoms with E-state index in [1.807, 2.05) is 18.2 Å². The van der Waals surface area contributed by atoms with Crippen LogP contribution in [0.1, 0.15) is 10.4 Å². The van der Waals surface area contributed by atoms with Gasteiger partial charge in [0.25, 0.3) is 5.78 Å². The summed E-state index contributed by atoms with van der Waals surface area (Å²) in [5.74, 6) is -1.41. The monoisotopic (exact) mass is 316 g/mol. The zero-order valence-corrected chi connectivity index (χ0v) is 12.2. The Labute approximate surface area is 132 Å². The van der Waals surface area contributed by atoms with Gasteiger partial charge in [0, 0.05) is 5.56 Å². The number of Topliss-reactive ketones (excluding diaryl/α,β-unsaturated/α-hetero) is 1. The van der Waals surface area contributed by atoms with E-state index >= 15 is 0 Å². The van der Waals surface area contributed by atoms with E-state index in [-0.39, 0.29) is 18.8 Å². The Morgan fingerprint density at radius 1 is 0.870 bits per heavy atom. The maximum atomic E-state index is 11.2. The van der Waals surface area contributed by atoms with Crippen molar-refractivity contribution < 1.29 is 29.3 Å². The molecule has 0 spiro atoms. The second-order valence-corrected chi connectivity index (χ2v) is 4.75. The lowest BCUT2D eigenvalue weighted by molar-refractivity contribution is -0.131. The molecule has 0 radical (unpaired) electrons. The van der Waals surface area contributed by atoms with Crippen LogP contribution >= 0.6 is 0 Å². The molecule has 1 unspecified atom stereocenters. The van der Waals surface area contributed by atoms with Gasteiger partial charge in [0.15, 0.2) is 0 Å². The van der Waals surface area contributed by atoms with Crippen molar-refractivity contribution in [2.24, 2.45) is 0 Å². The number of hydrogen-bond acceptors (Lipinski definition) is 5. The molecule has 0 saturated carbocycles. The smallest absolute Gasteiger partial charge is 0.377 e. The summed E-state index contributed by atoms with van der Waals surface area (Å²) < 4.78 is 10.8. The largest absolute Gasteiger partial charge is 0.491 e. The molecular weight excluding hydrogens is 300 g/mol. The minimum atomic E-state index is -1.51. The van der Waals surface area contributed by atoms with E-state index in [1.54, 1.807) is 12.1 Å². The van der Waals surface area contributed by atoms with Gasteiger partial charge in [-0.3, -0.25) is 4.79 Å². The van der Waals surface area contributed by atoms with E-state index in [1.165, 1.54) is 24.3 Å². The van der Waals surface area contributed by atoms with E-state index in [0.717, 1.165) is 0 Å². The Bertz CT molecular complexity index is 651. The highest BCUT2D eigenvalue weighted by Crippen LogP contribution is 2.13. The number of carbonyl (C=O) groups excluding carboxylic acids is 1. The molecule has 0 heterocycles. The summed E-state index contributed by atoms with van der Waals surface area (Å²) in [6.07, 6.45) is -0.824. The highest BCUT2D eigenvalue weighted by Gasteiger charge is 2.14. The van der Waals surface area contributed by atoms with Crippen LogP contribution in [0.2, 0.25) is 0 Å². The molecule has 2 rings (SSSR count). The van der Waals surface area contributed by atoms with Crippen molar-refractivity contribution in [1.82, 2.24) is 0 Å². The summed E-state index contributed by atoms with van der Waals surface area (Å²) in [5, 5.41) is 18.4. The third kappa shape index (κ3) is 5.12. The standard InChI is InChI=1S/C17H16O6/c18-13(10-22-14-4-2-1-3-5-14)11-23-15-8-6-12(7-9-15)16(19)17(20)21/h1-9,13,18H,10-11H2,(H,20,21). The fourth-order valence-corrected chi connectivity index (χ4v) is 1.78. The molecule has 2 N–H and O–H groups in total. The van der Waals surface area contributed by atoms with Crippen LogP contribution in [0.25, 0.3) is 0 Å². The summed E-state index contributed by atoms with van der Waals surface area (Å²) in [4.78, 5) is 21.8. The van der Waals surface area contributed by atoms with E-state index in [2.05, 4.69) is 0 Å². The summed E-state index contributed by atoms with van der Waals surface area (Å²) in [7, 11) is 0. The number of ketones is 1. The highest BCUT2D eigenvalue weighted by atomic mass is 16.5. The van der Waals surface area contributed by atoms with E-state index < -0.39 is 17.9 Å². The molecule has 0 saturated heterocycles. The first-order valence-corrected chi connectivity index (χ1v) is 6.92. The van der Waals surface area contributed by atoms with Crippen molar-refractivity contribution >= 4 is 11.8 Å². The van der Waals surface area contributed by atoms with E-state index in [9.17, 15) is 14.7 Å². The van der Waals surface area contributed by atoms with Gasteiger partial charge in [-0.2, -0.15) is 0 Å². The lowest BCUT2D eigenvalue weighted by Gasteiger charge is -2.13. The van der Waals surface area contributed by atoms with Gasteiger partial charge < -0.3 is 19.7 Å². The fourth-order valence-electron chi connectivity index (χ4n) is 1.78. The number of carbonyl (C=O) groups is 2. The maximum absolute atomic E-state index is 11.2. The van der Waals surface area contributed by atoms with Gasteiger partial charge in [-0.15, -0.1) is 0 Å². The van der Waals surface area contributed by atoms with Crippen LogP contribution in [0, 0.1) is 0 Å². The van der Waals surface area contributed by atoms with Crippen molar-refractivity contribution in [3.63, 3.8) is 0 Å². The maximum Gasteiger partial charge on any atom is 0.377 e. The molecule has 6 heteroatoms. The number of aliphatic hydroxyl groups excluding tert-OH is 1. The molecule has 2 aromatic carbocycles. The third-order valence-corrected chi connectivity index (χ3v) is 2.94. The number of benzene rings is 2. The van der Waals surface area contributed by atoms with E-state index in [0.29, 0.717) is 11.5 Å². The predicted molar refractivity (Wildman–Crippen MR) is 81.8 cm³/mol. The van der Waals surface area contributed by atoms with Gasteiger partial charge in [0.05, 0.1) is 0 Å². The van der Waals surface area contributed by atoms with Gasteiger partial charge in [-0.1, -0.05) is 18.2 Å². The molecule has 0 bridgehead atoms. The minimum absolute atomic E-state index is 0.0130. The van der Waals surface area contributed by atoms with E-state index in [4.69, 9.17) is 14.6 Å². The number of rotatable bonds is 8. The first-order chi connectivity index (χ1) is 11.1. The Hall–Kier alpha value is -2.86. The van der Waals surface area contributed by atoms with Crippen LogP contribution in [-0.4, -0.2) is 41.3 Å². The number of carboxylic acids is 1. The molecule has 0 amide bonds. The molecular formula is C17H16O6. The van der Waals surface area contributed by atoms with Crippen LogP contribution < -0.4 is 9.47 Å². The minimum Gasteiger partial charge on any atom is -0.491 e. The number of para-hydroxylation sites is 1. The first-order valence-electron chi connectivity index (χ1n) is 6.92. The molecule has 23 heavy (non-hydrogen) atoms.